The van der Waals surface area contributed by atoms with Crippen LogP contribution in [-0.4, -0.2) is 18.4 Å². The molecule has 11 aromatic rings. The quantitative estimate of drug-likeness (QED) is 0.0263. The third-order valence-corrected chi connectivity index (χ3v) is 43.6. The van der Waals surface area contributed by atoms with Crippen molar-refractivity contribution in [2.75, 3.05) is 0 Å². The average Bonchev–Trinajstić information content (AvgIpc) is 1.63. The Morgan fingerprint density at radius 1 is 0.250 bits per heavy atom. The molecule has 0 nitrogen and oxygen atoms in total. The number of hydrogen-bond acceptors (Lipinski definition) is 9. The van der Waals surface area contributed by atoms with E-state index in [1.165, 1.54) is 375 Å². The fourth-order valence-corrected chi connectivity index (χ4v) is 31.0. The summed E-state index contributed by atoms with van der Waals surface area (Å²) in [5.74, 6) is -0.382. The number of benzene rings is 2. The molecule has 2 aromatic carbocycles. The van der Waals surface area contributed by atoms with Gasteiger partial charge in [-0.15, -0.1) is 79.4 Å². The number of rotatable bonds is 52. The first-order chi connectivity index (χ1) is 56.4. The van der Waals surface area contributed by atoms with E-state index in [0.29, 0.717) is 0 Å². The predicted octanol–water partition coefficient (Wildman–Crippen LogP) is 39.9. The van der Waals surface area contributed by atoms with E-state index in [1.54, 1.807) is 44.6 Å². The second kappa shape index (κ2) is 56.9. The predicted molar refractivity (Wildman–Crippen MR) is 535 cm³/mol. The van der Waals surface area contributed by atoms with Crippen LogP contribution in [0.3, 0.4) is 0 Å². The third kappa shape index (κ3) is 36.6. The zero-order valence-electron chi connectivity index (χ0n) is 71.9. The van der Waals surface area contributed by atoms with Crippen LogP contribution in [0.5, 0.6) is 0 Å². The summed E-state index contributed by atoms with van der Waals surface area (Å²) < 4.78 is 44.0. The van der Waals surface area contributed by atoms with Crippen molar-refractivity contribution in [1.29, 1.82) is 0 Å². The van der Waals surface area contributed by atoms with E-state index >= 15 is 0 Å². The van der Waals surface area contributed by atoms with Crippen LogP contribution in [-0.2, 0) is 25.7 Å². The molecule has 0 aliphatic carbocycles. The van der Waals surface area contributed by atoms with E-state index in [9.17, 15) is 13.2 Å². The van der Waals surface area contributed by atoms with Crippen molar-refractivity contribution in [1.82, 2.24) is 0 Å². The maximum Gasteiger partial charge on any atom is 0.176 e. The molecule has 0 saturated heterocycles. The summed E-state index contributed by atoms with van der Waals surface area (Å²) in [6.45, 7) is 13.2. The van der Waals surface area contributed by atoms with Crippen LogP contribution >= 0.6 is 134 Å². The molecule has 0 bridgehead atoms. The van der Waals surface area contributed by atoms with Crippen molar-refractivity contribution in [3.05, 3.63) is 190 Å². The standard InChI is InChI=1S/C52H64F2S4.C32H52Br2S2.C9H7S2.C5H5FS.3CH3.Sn/c1-3-5-7-9-11-13-15-17-19-21-23-41-37-49(57-51(41)40-27-31-44(54)32-28-40)50-38-42(24-22-20-18-16-14-12-10-8-6-4-2)52(58-50)48-36-35-47(56-48)46-34-33-45(55-46)39-25-29-43(53)30-26-39;1-3-5-7-9-11-13-15-17-19-21-23-27-25-29(35-31(27)33)30-26-28(32(34)36-30)24-22-20-18-16-14-12-10-8-6-4-2;1-7-4-5-9(11-7)8-3-2-6-10-8;1-4-2-3-5(6)7-4;;;;/h25-38H,3-24H2,1-2H3;25-26H,3-24H2,1-2H3;2-5H,1H3;2-3H,1H3;3*1H3;. The van der Waals surface area contributed by atoms with Crippen molar-refractivity contribution < 1.29 is 13.2 Å². The van der Waals surface area contributed by atoms with Gasteiger partial charge in [0.05, 0.1) is 7.57 Å². The van der Waals surface area contributed by atoms with E-state index in [4.69, 9.17) is 0 Å². The van der Waals surface area contributed by atoms with Gasteiger partial charge in [0.25, 0.3) is 0 Å². The van der Waals surface area contributed by atoms with Gasteiger partial charge in [0.15, 0.2) is 5.13 Å². The van der Waals surface area contributed by atoms with Gasteiger partial charge in [0.2, 0.25) is 0 Å². The minimum absolute atomic E-state index is 0.0995. The summed E-state index contributed by atoms with van der Waals surface area (Å²) in [5.41, 5.74) is 8.08. The Morgan fingerprint density at radius 2 is 0.543 bits per heavy atom. The Labute approximate surface area is 758 Å². The summed E-state index contributed by atoms with van der Waals surface area (Å²) in [6.07, 6.45) is 59.5. The first kappa shape index (κ1) is 98.7. The normalized spacial score (nSPS) is 11.5. The van der Waals surface area contributed by atoms with Gasteiger partial charge in [-0.05, 0) is 208 Å². The average molecular weight is 1980 g/mol. The van der Waals surface area contributed by atoms with Crippen molar-refractivity contribution in [2.24, 2.45) is 0 Å². The molecule has 0 radical (unpaired) electrons. The molecule has 0 unspecified atom stereocenters. The molecular weight excluding hydrogens is 1840 g/mol. The summed E-state index contributed by atoms with van der Waals surface area (Å²) in [5, 5.41) is -0.0995. The van der Waals surface area contributed by atoms with E-state index in [0.717, 1.165) is 33.7 Å². The molecule has 0 saturated carbocycles. The van der Waals surface area contributed by atoms with Crippen LogP contribution in [0.25, 0.3) is 69.7 Å². The van der Waals surface area contributed by atoms with Crippen LogP contribution in [0.1, 0.15) is 317 Å². The van der Waals surface area contributed by atoms with Gasteiger partial charge >= 0.3 is 105 Å². The minimum Gasteiger partial charge on any atom is -0.195 e. The zero-order chi connectivity index (χ0) is 82.5. The fraction of sp³-hybridized carbons (Fsp3) is 0.525. The third-order valence-electron chi connectivity index (χ3n) is 21.8. The first-order valence-corrected chi connectivity index (χ1v) is 63.8. The number of unbranched alkanes of at least 4 members (excludes halogenated alkanes) is 36. The Kier molecular flexibility index (Phi) is 48.5. The molecule has 634 valence electrons. The van der Waals surface area contributed by atoms with Gasteiger partial charge in [0, 0.05) is 53.6 Å². The summed E-state index contributed by atoms with van der Waals surface area (Å²) in [7, 11) is 0. The molecule has 9 heterocycles. The Hall–Kier alpha value is -2.71. The van der Waals surface area contributed by atoms with Gasteiger partial charge in [-0.1, -0.05) is 283 Å². The van der Waals surface area contributed by atoms with E-state index in [2.05, 4.69) is 154 Å². The molecule has 0 atom stereocenters. The maximum atomic E-state index is 14.1. The molecule has 0 amide bonds. The number of halogens is 5. The molecule has 0 aliphatic heterocycles. The summed E-state index contributed by atoms with van der Waals surface area (Å²) in [6, 6.07) is 45.1. The Bertz CT molecular complexity index is 4300. The van der Waals surface area contributed by atoms with E-state index in [1.807, 2.05) is 111 Å². The fourth-order valence-electron chi connectivity index (χ4n) is 14.8. The molecule has 11 rings (SSSR count). The summed E-state index contributed by atoms with van der Waals surface area (Å²) in [4.78, 5) is 26.0. The second-order valence-corrected chi connectivity index (χ2v) is 61.0. The maximum absolute atomic E-state index is 14.1. The second-order valence-electron chi connectivity index (χ2n) is 33.0. The van der Waals surface area contributed by atoms with Crippen LogP contribution < -0.4 is 2.89 Å². The molecular formula is C101H137Br2F3S9Sn. The molecule has 0 fully saturated rings. The molecule has 9 aromatic heterocycles. The summed E-state index contributed by atoms with van der Waals surface area (Å²) >= 11 is 22.3. The van der Waals surface area contributed by atoms with Crippen molar-refractivity contribution >= 4 is 155 Å². The molecule has 0 N–H and O–H groups in total. The van der Waals surface area contributed by atoms with Crippen molar-refractivity contribution in [3.63, 3.8) is 0 Å². The number of thiophene rings is 9. The molecule has 15 heteroatoms. The van der Waals surface area contributed by atoms with Gasteiger partial charge in [-0.2, -0.15) is 4.39 Å². The van der Waals surface area contributed by atoms with Gasteiger partial charge in [-0.3, -0.25) is 0 Å². The number of hydrogen-bond donors (Lipinski definition) is 0. The SMILES string of the molecule is CCCCCCCCCCCCc1cc(-c2cc(CCCCCCCCCCCC)c(-c3ccc(-c4ccc(-c5ccc(F)cc5)s4)s3)s2)sc1-c1ccc(F)cc1.CCCCCCCCCCCCc1cc(-c2cc(CCCCCCCCCCCC)c(Br)s2)sc1Br.Cc1ccc(-c2cc[c]([Sn]([CH3])([CH3])[CH3])s2)s1.Cc1ccc(F)s1. The van der Waals surface area contributed by atoms with Crippen LogP contribution in [0.4, 0.5) is 13.2 Å². The van der Waals surface area contributed by atoms with Crippen LogP contribution in [0.2, 0.25) is 14.8 Å². The Balaban J connectivity index is 0.000000242. The first-order valence-electron chi connectivity index (χ1n) is 44.9. The topological polar surface area (TPSA) is 0 Å². The zero-order valence-corrected chi connectivity index (χ0v) is 85.3. The van der Waals surface area contributed by atoms with Gasteiger partial charge in [-0.25, -0.2) is 8.78 Å². The minimum atomic E-state index is -1.83. The van der Waals surface area contributed by atoms with E-state index in [-0.39, 0.29) is 16.8 Å². The molecule has 116 heavy (non-hydrogen) atoms. The molecule has 0 aliphatic rings. The van der Waals surface area contributed by atoms with Crippen LogP contribution in [0.15, 0.2) is 141 Å². The number of aryl methyl sites for hydroxylation is 6. The van der Waals surface area contributed by atoms with Gasteiger partial charge in [0.1, 0.15) is 11.6 Å². The smallest absolute Gasteiger partial charge is 0.176 e. The van der Waals surface area contributed by atoms with Gasteiger partial charge < -0.3 is 0 Å². The molecule has 0 spiro atoms. The monoisotopic (exact) mass is 1970 g/mol. The van der Waals surface area contributed by atoms with Crippen LogP contribution in [0, 0.1) is 30.6 Å². The van der Waals surface area contributed by atoms with E-state index < -0.39 is 18.4 Å². The van der Waals surface area contributed by atoms with Crippen molar-refractivity contribution in [2.45, 2.75) is 339 Å². The Morgan fingerprint density at radius 3 is 0.905 bits per heavy atom. The van der Waals surface area contributed by atoms with Crippen molar-refractivity contribution in [3.8, 4) is 69.7 Å². The largest absolute Gasteiger partial charge is 0.195 e.